The Morgan fingerprint density at radius 1 is 1.32 bits per heavy atom. The van der Waals surface area contributed by atoms with Gasteiger partial charge in [0.2, 0.25) is 10.0 Å². The van der Waals surface area contributed by atoms with Crippen LogP contribution in [0.25, 0.3) is 0 Å². The maximum Gasteiger partial charge on any atom is 0.243 e. The summed E-state index contributed by atoms with van der Waals surface area (Å²) in [7, 11) is -4.17. The lowest BCUT2D eigenvalue weighted by Gasteiger charge is -2.19. The zero-order chi connectivity index (χ0) is 14.8. The minimum absolute atomic E-state index is 0.224. The van der Waals surface area contributed by atoms with Crippen LogP contribution < -0.4 is 10.5 Å². The molecular weight excluding hydrogens is 278 g/mol. The molecule has 5 nitrogen and oxygen atoms in total. The van der Waals surface area contributed by atoms with Crippen molar-refractivity contribution in [3.8, 4) is 0 Å². The van der Waals surface area contributed by atoms with Crippen LogP contribution in [0.15, 0.2) is 17.0 Å². The van der Waals surface area contributed by atoms with Crippen molar-refractivity contribution in [2.75, 3.05) is 12.3 Å². The van der Waals surface area contributed by atoms with Gasteiger partial charge in [-0.25, -0.2) is 21.9 Å². The second-order valence-electron chi connectivity index (χ2n) is 4.37. The van der Waals surface area contributed by atoms with Gasteiger partial charge in [-0.1, -0.05) is 6.92 Å². The Kier molecular flexibility index (Phi) is 4.83. The van der Waals surface area contributed by atoms with Crippen LogP contribution in [0.4, 0.5) is 14.5 Å². The molecule has 0 amide bonds. The van der Waals surface area contributed by atoms with Gasteiger partial charge in [0.15, 0.2) is 0 Å². The molecule has 2 atom stereocenters. The van der Waals surface area contributed by atoms with Crippen LogP contribution in [0.1, 0.15) is 13.8 Å². The molecule has 0 fully saturated rings. The third-order valence-corrected chi connectivity index (χ3v) is 4.40. The molecule has 19 heavy (non-hydrogen) atoms. The Labute approximate surface area is 110 Å². The summed E-state index contributed by atoms with van der Waals surface area (Å²) in [5, 5.41) is 8.93. The molecule has 2 unspecified atom stereocenters. The third kappa shape index (κ3) is 3.62. The van der Waals surface area contributed by atoms with E-state index in [2.05, 4.69) is 4.72 Å². The molecule has 1 aromatic rings. The maximum atomic E-state index is 13.5. The van der Waals surface area contributed by atoms with E-state index in [0.717, 1.165) is 6.07 Å². The Bertz CT molecular complexity index is 563. The molecular formula is C11H16F2N2O3S. The van der Waals surface area contributed by atoms with Gasteiger partial charge in [-0.15, -0.1) is 0 Å². The van der Waals surface area contributed by atoms with Gasteiger partial charge < -0.3 is 10.8 Å². The lowest BCUT2D eigenvalue weighted by atomic mass is 10.1. The summed E-state index contributed by atoms with van der Waals surface area (Å²) in [4.78, 5) is -0.719. The SMILES string of the molecule is CC(CO)C(C)NS(=O)(=O)c1cc(N)c(F)cc1F. The first-order valence-corrected chi connectivity index (χ1v) is 7.05. The lowest BCUT2D eigenvalue weighted by molar-refractivity contribution is 0.216. The van der Waals surface area contributed by atoms with Crippen LogP contribution in [0, 0.1) is 17.6 Å². The first kappa shape index (κ1) is 15.8. The summed E-state index contributed by atoms with van der Waals surface area (Å²) < 4.78 is 52.6. The van der Waals surface area contributed by atoms with Crippen molar-refractivity contribution < 1.29 is 22.3 Å². The molecule has 0 aromatic heterocycles. The molecule has 0 aliphatic rings. The highest BCUT2D eigenvalue weighted by atomic mass is 32.2. The van der Waals surface area contributed by atoms with E-state index in [1.807, 2.05) is 0 Å². The highest BCUT2D eigenvalue weighted by molar-refractivity contribution is 7.89. The first-order chi connectivity index (χ1) is 8.69. The Balaban J connectivity index is 3.11. The van der Waals surface area contributed by atoms with Gasteiger partial charge in [0, 0.05) is 18.7 Å². The molecule has 0 heterocycles. The fourth-order valence-corrected chi connectivity index (χ4v) is 2.78. The molecule has 0 aliphatic heterocycles. The number of halogens is 2. The molecule has 0 saturated heterocycles. The van der Waals surface area contributed by atoms with Crippen LogP contribution in [0.2, 0.25) is 0 Å². The van der Waals surface area contributed by atoms with Crippen molar-refractivity contribution in [3.63, 3.8) is 0 Å². The predicted molar refractivity (Wildman–Crippen MR) is 66.8 cm³/mol. The number of nitrogens with one attached hydrogen (secondary N) is 1. The normalized spacial score (nSPS) is 15.2. The maximum absolute atomic E-state index is 13.5. The number of benzene rings is 1. The Hall–Kier alpha value is -1.25. The quantitative estimate of drug-likeness (QED) is 0.702. The number of nitrogen functional groups attached to an aromatic ring is 1. The molecule has 1 aromatic carbocycles. The molecule has 0 radical (unpaired) electrons. The summed E-state index contributed by atoms with van der Waals surface area (Å²) in [5.74, 6) is -2.59. The molecule has 0 aliphatic carbocycles. The van der Waals surface area contributed by atoms with Gasteiger partial charge in [-0.3, -0.25) is 0 Å². The van der Waals surface area contributed by atoms with Crippen LogP contribution >= 0.6 is 0 Å². The zero-order valence-corrected chi connectivity index (χ0v) is 11.3. The van der Waals surface area contributed by atoms with Crippen LogP contribution in [0.5, 0.6) is 0 Å². The van der Waals surface area contributed by atoms with E-state index in [4.69, 9.17) is 10.8 Å². The van der Waals surface area contributed by atoms with Gasteiger partial charge in [0.1, 0.15) is 16.5 Å². The lowest BCUT2D eigenvalue weighted by Crippen LogP contribution is -2.38. The predicted octanol–water partition coefficient (Wildman–Crippen LogP) is 0.842. The number of anilines is 1. The fraction of sp³-hybridized carbons (Fsp3) is 0.455. The number of aliphatic hydroxyl groups excluding tert-OH is 1. The van der Waals surface area contributed by atoms with Gasteiger partial charge in [0.25, 0.3) is 0 Å². The van der Waals surface area contributed by atoms with Crippen LogP contribution in [-0.2, 0) is 10.0 Å². The summed E-state index contributed by atoms with van der Waals surface area (Å²) in [6, 6.07) is 0.536. The zero-order valence-electron chi connectivity index (χ0n) is 10.5. The molecule has 0 spiro atoms. The van der Waals surface area contributed by atoms with Gasteiger partial charge in [-0.05, 0) is 18.9 Å². The molecule has 1 rings (SSSR count). The first-order valence-electron chi connectivity index (χ1n) is 5.56. The van der Waals surface area contributed by atoms with Crippen LogP contribution in [0.3, 0.4) is 0 Å². The van der Waals surface area contributed by atoms with Crippen molar-refractivity contribution >= 4 is 15.7 Å². The average molecular weight is 294 g/mol. The molecule has 0 saturated carbocycles. The van der Waals surface area contributed by atoms with E-state index < -0.39 is 38.3 Å². The van der Waals surface area contributed by atoms with Crippen LogP contribution in [-0.4, -0.2) is 26.2 Å². The largest absolute Gasteiger partial charge is 0.396 e. The molecule has 4 N–H and O–H groups in total. The highest BCUT2D eigenvalue weighted by Gasteiger charge is 2.25. The smallest absolute Gasteiger partial charge is 0.243 e. The number of sulfonamides is 1. The Morgan fingerprint density at radius 2 is 1.89 bits per heavy atom. The number of aliphatic hydroxyl groups is 1. The summed E-state index contributed by atoms with van der Waals surface area (Å²) in [5.41, 5.74) is 4.78. The van der Waals surface area contributed by atoms with E-state index in [1.165, 1.54) is 6.92 Å². The van der Waals surface area contributed by atoms with Gasteiger partial charge in [0.05, 0.1) is 5.69 Å². The number of rotatable bonds is 5. The van der Waals surface area contributed by atoms with Crippen molar-refractivity contribution in [1.29, 1.82) is 0 Å². The Morgan fingerprint density at radius 3 is 2.42 bits per heavy atom. The average Bonchev–Trinajstić information content (AvgIpc) is 2.31. The second kappa shape index (κ2) is 5.81. The number of hydrogen-bond acceptors (Lipinski definition) is 4. The summed E-state index contributed by atoms with van der Waals surface area (Å²) in [6.07, 6.45) is 0. The van der Waals surface area contributed by atoms with E-state index in [9.17, 15) is 17.2 Å². The summed E-state index contributed by atoms with van der Waals surface area (Å²) >= 11 is 0. The van der Waals surface area contributed by atoms with Crippen molar-refractivity contribution in [2.24, 2.45) is 5.92 Å². The highest BCUT2D eigenvalue weighted by Crippen LogP contribution is 2.21. The van der Waals surface area contributed by atoms with Gasteiger partial charge >= 0.3 is 0 Å². The topological polar surface area (TPSA) is 92.4 Å². The van der Waals surface area contributed by atoms with E-state index in [1.54, 1.807) is 6.92 Å². The van der Waals surface area contributed by atoms with Crippen molar-refractivity contribution in [3.05, 3.63) is 23.8 Å². The minimum atomic E-state index is -4.17. The summed E-state index contributed by atoms with van der Waals surface area (Å²) in [6.45, 7) is 2.93. The molecule has 8 heteroatoms. The second-order valence-corrected chi connectivity index (χ2v) is 6.06. The van der Waals surface area contributed by atoms with Crippen molar-refractivity contribution in [2.45, 2.75) is 24.8 Å². The standard InChI is InChI=1S/C11H16F2N2O3S/c1-6(5-16)7(2)15-19(17,18)11-4-10(14)8(12)3-9(11)13/h3-4,6-7,15-16H,5,14H2,1-2H3. The molecule has 108 valence electrons. The number of hydrogen-bond donors (Lipinski definition) is 3. The third-order valence-electron chi connectivity index (χ3n) is 2.82. The fourth-order valence-electron chi connectivity index (χ4n) is 1.33. The molecule has 0 bridgehead atoms. The van der Waals surface area contributed by atoms with Gasteiger partial charge in [-0.2, -0.15) is 0 Å². The monoisotopic (exact) mass is 294 g/mol. The number of nitrogens with two attached hydrogens (primary N) is 1. The minimum Gasteiger partial charge on any atom is -0.396 e. The van der Waals surface area contributed by atoms with E-state index >= 15 is 0 Å². The van der Waals surface area contributed by atoms with E-state index in [-0.39, 0.29) is 12.5 Å². The van der Waals surface area contributed by atoms with Crippen molar-refractivity contribution in [1.82, 2.24) is 4.72 Å². The van der Waals surface area contributed by atoms with E-state index in [0.29, 0.717) is 6.07 Å².